The standard InChI is InChI=1S/C25H22N2O4S/c1-4-29-19-9-5-7-17-13-20(31-22(17)19)24(28)27(14-18-8-6-12-30-18)25-26-21-15(2)10-11-16(3)23(21)32-25/h5-13H,4,14H2,1-3H3. The first-order valence-corrected chi connectivity index (χ1v) is 11.2. The lowest BCUT2D eigenvalue weighted by Gasteiger charge is -2.17. The second-order valence-electron chi connectivity index (χ2n) is 7.56. The Kier molecular flexibility index (Phi) is 5.19. The van der Waals surface area contributed by atoms with Gasteiger partial charge in [0.25, 0.3) is 5.91 Å². The lowest BCUT2D eigenvalue weighted by atomic mass is 10.1. The van der Waals surface area contributed by atoms with Gasteiger partial charge in [0.05, 0.1) is 29.6 Å². The highest BCUT2D eigenvalue weighted by Gasteiger charge is 2.26. The average Bonchev–Trinajstić information content (AvgIpc) is 3.54. The van der Waals surface area contributed by atoms with Crippen LogP contribution in [0.3, 0.4) is 0 Å². The quantitative estimate of drug-likeness (QED) is 0.298. The Bertz CT molecular complexity index is 1380. The highest BCUT2D eigenvalue weighted by molar-refractivity contribution is 7.22. The Labute approximate surface area is 189 Å². The number of benzene rings is 2. The van der Waals surface area contributed by atoms with Crippen molar-refractivity contribution in [1.82, 2.24) is 4.98 Å². The molecule has 32 heavy (non-hydrogen) atoms. The lowest BCUT2D eigenvalue weighted by molar-refractivity contribution is 0.0958. The molecule has 0 aliphatic carbocycles. The molecule has 0 atom stereocenters. The fourth-order valence-corrected chi connectivity index (χ4v) is 4.80. The molecule has 162 valence electrons. The first kappa shape index (κ1) is 20.3. The van der Waals surface area contributed by atoms with Gasteiger partial charge < -0.3 is 13.6 Å². The maximum atomic E-state index is 13.7. The summed E-state index contributed by atoms with van der Waals surface area (Å²) in [5.41, 5.74) is 3.67. The van der Waals surface area contributed by atoms with Crippen LogP contribution in [-0.4, -0.2) is 17.5 Å². The van der Waals surface area contributed by atoms with E-state index < -0.39 is 0 Å². The Morgan fingerprint density at radius 1 is 1.12 bits per heavy atom. The molecule has 0 radical (unpaired) electrons. The van der Waals surface area contributed by atoms with Crippen LogP contribution in [0.25, 0.3) is 21.2 Å². The van der Waals surface area contributed by atoms with Gasteiger partial charge in [0.1, 0.15) is 5.76 Å². The van der Waals surface area contributed by atoms with Gasteiger partial charge in [0.2, 0.25) is 0 Å². The molecule has 0 fully saturated rings. The number of anilines is 1. The van der Waals surface area contributed by atoms with Gasteiger partial charge in [0.15, 0.2) is 22.2 Å². The zero-order valence-electron chi connectivity index (χ0n) is 18.0. The van der Waals surface area contributed by atoms with Crippen LogP contribution >= 0.6 is 11.3 Å². The van der Waals surface area contributed by atoms with Crippen LogP contribution in [0.4, 0.5) is 5.13 Å². The van der Waals surface area contributed by atoms with E-state index in [2.05, 4.69) is 13.0 Å². The van der Waals surface area contributed by atoms with Gasteiger partial charge >= 0.3 is 0 Å². The topological polar surface area (TPSA) is 68.7 Å². The molecule has 3 heterocycles. The van der Waals surface area contributed by atoms with E-state index in [4.69, 9.17) is 18.6 Å². The molecule has 5 aromatic rings. The summed E-state index contributed by atoms with van der Waals surface area (Å²) in [7, 11) is 0. The van der Waals surface area contributed by atoms with Gasteiger partial charge in [-0.1, -0.05) is 35.6 Å². The summed E-state index contributed by atoms with van der Waals surface area (Å²) in [5, 5.41) is 1.41. The molecular formula is C25H22N2O4S. The van der Waals surface area contributed by atoms with Crippen molar-refractivity contribution in [2.24, 2.45) is 0 Å². The number of furan rings is 2. The fourth-order valence-electron chi connectivity index (χ4n) is 3.69. The number of hydrogen-bond acceptors (Lipinski definition) is 6. The van der Waals surface area contributed by atoms with Crippen molar-refractivity contribution in [1.29, 1.82) is 0 Å². The monoisotopic (exact) mass is 446 g/mol. The molecule has 0 aliphatic heterocycles. The number of ether oxygens (including phenoxy) is 1. The minimum atomic E-state index is -0.283. The lowest BCUT2D eigenvalue weighted by Crippen LogP contribution is -2.29. The molecule has 5 rings (SSSR count). The first-order chi connectivity index (χ1) is 15.5. The smallest absolute Gasteiger partial charge is 0.296 e. The molecule has 6 nitrogen and oxygen atoms in total. The summed E-state index contributed by atoms with van der Waals surface area (Å²) in [6, 6.07) is 15.1. The van der Waals surface area contributed by atoms with E-state index in [1.165, 1.54) is 11.3 Å². The Balaban J connectivity index is 1.60. The number of hydrogen-bond donors (Lipinski definition) is 0. The predicted molar refractivity (Wildman–Crippen MR) is 126 cm³/mol. The van der Waals surface area contributed by atoms with Crippen LogP contribution in [0.1, 0.15) is 34.4 Å². The zero-order valence-corrected chi connectivity index (χ0v) is 18.9. The number of carbonyl (C=O) groups is 1. The molecular weight excluding hydrogens is 424 g/mol. The number of nitrogens with zero attached hydrogens (tertiary/aromatic N) is 2. The average molecular weight is 447 g/mol. The highest BCUT2D eigenvalue weighted by Crippen LogP contribution is 2.36. The van der Waals surface area contributed by atoms with Crippen molar-refractivity contribution in [3.63, 3.8) is 0 Å². The number of rotatable bonds is 6. The zero-order chi connectivity index (χ0) is 22.2. The summed E-state index contributed by atoms with van der Waals surface area (Å²) in [6.07, 6.45) is 1.60. The Morgan fingerprint density at radius 2 is 1.97 bits per heavy atom. The molecule has 0 bridgehead atoms. The number of para-hydroxylation sites is 1. The highest BCUT2D eigenvalue weighted by atomic mass is 32.1. The van der Waals surface area contributed by atoms with Crippen LogP contribution in [0.15, 0.2) is 63.6 Å². The van der Waals surface area contributed by atoms with Crippen LogP contribution < -0.4 is 9.64 Å². The minimum Gasteiger partial charge on any atom is -0.490 e. The number of aromatic nitrogens is 1. The van der Waals surface area contributed by atoms with Crippen LogP contribution in [0.5, 0.6) is 5.75 Å². The van der Waals surface area contributed by atoms with Gasteiger partial charge in [-0.25, -0.2) is 4.98 Å². The van der Waals surface area contributed by atoms with E-state index >= 15 is 0 Å². The second kappa shape index (κ2) is 8.16. The number of thiazole rings is 1. The molecule has 0 aliphatic rings. The van der Waals surface area contributed by atoms with Gasteiger partial charge in [-0.05, 0) is 56.2 Å². The van der Waals surface area contributed by atoms with Crippen molar-refractivity contribution >= 4 is 43.6 Å². The Hall–Kier alpha value is -3.58. The van der Waals surface area contributed by atoms with E-state index in [1.807, 2.05) is 44.2 Å². The minimum absolute atomic E-state index is 0.228. The molecule has 0 saturated carbocycles. The molecule has 3 aromatic heterocycles. The van der Waals surface area contributed by atoms with Crippen molar-refractivity contribution in [3.8, 4) is 5.75 Å². The van der Waals surface area contributed by atoms with E-state index in [0.29, 0.717) is 28.8 Å². The van der Waals surface area contributed by atoms with Gasteiger partial charge in [-0.3, -0.25) is 9.69 Å². The third-order valence-corrected chi connectivity index (χ3v) is 6.53. The fraction of sp³-hybridized carbons (Fsp3) is 0.200. The molecule has 1 amide bonds. The van der Waals surface area contributed by atoms with Crippen LogP contribution in [0, 0.1) is 13.8 Å². The van der Waals surface area contributed by atoms with E-state index in [-0.39, 0.29) is 18.2 Å². The van der Waals surface area contributed by atoms with Crippen LogP contribution in [0.2, 0.25) is 0 Å². The molecule has 0 unspecified atom stereocenters. The summed E-state index contributed by atoms with van der Waals surface area (Å²) >= 11 is 1.50. The predicted octanol–water partition coefficient (Wildman–Crippen LogP) is 6.50. The van der Waals surface area contributed by atoms with Gasteiger partial charge in [-0.2, -0.15) is 0 Å². The largest absolute Gasteiger partial charge is 0.490 e. The van der Waals surface area contributed by atoms with Gasteiger partial charge in [0, 0.05) is 5.39 Å². The second-order valence-corrected chi connectivity index (χ2v) is 8.54. The third kappa shape index (κ3) is 3.54. The van der Waals surface area contributed by atoms with Crippen molar-refractivity contribution in [3.05, 3.63) is 77.4 Å². The summed E-state index contributed by atoms with van der Waals surface area (Å²) in [4.78, 5) is 20.1. The van der Waals surface area contributed by atoms with Crippen LogP contribution in [-0.2, 0) is 6.54 Å². The molecule has 0 spiro atoms. The Morgan fingerprint density at radius 3 is 2.72 bits per heavy atom. The van der Waals surface area contributed by atoms with Crippen molar-refractivity contribution in [2.45, 2.75) is 27.3 Å². The summed E-state index contributed by atoms with van der Waals surface area (Å²) < 4.78 is 18.3. The molecule has 0 N–H and O–H groups in total. The first-order valence-electron chi connectivity index (χ1n) is 10.4. The number of fused-ring (bicyclic) bond motifs is 2. The van der Waals surface area contributed by atoms with Gasteiger partial charge in [-0.15, -0.1) is 0 Å². The number of amides is 1. The SMILES string of the molecule is CCOc1cccc2cc(C(=O)N(Cc3ccco3)c3nc4c(C)ccc(C)c4s3)oc12. The van der Waals surface area contributed by atoms with E-state index in [1.54, 1.807) is 23.3 Å². The third-order valence-electron chi connectivity index (χ3n) is 5.32. The maximum absolute atomic E-state index is 13.7. The number of carbonyl (C=O) groups excluding carboxylic acids is 1. The maximum Gasteiger partial charge on any atom is 0.296 e. The summed E-state index contributed by atoms with van der Waals surface area (Å²) in [6.45, 7) is 6.75. The normalized spacial score (nSPS) is 11.3. The number of aryl methyl sites for hydroxylation is 2. The van der Waals surface area contributed by atoms with Crippen molar-refractivity contribution in [2.75, 3.05) is 11.5 Å². The molecule has 0 saturated heterocycles. The van der Waals surface area contributed by atoms with Crippen molar-refractivity contribution < 1.29 is 18.4 Å². The molecule has 7 heteroatoms. The van der Waals surface area contributed by atoms with E-state index in [9.17, 15) is 4.79 Å². The van der Waals surface area contributed by atoms with E-state index in [0.717, 1.165) is 26.7 Å². The molecule has 2 aromatic carbocycles. The summed E-state index contributed by atoms with van der Waals surface area (Å²) in [5.74, 6) is 1.23.